The van der Waals surface area contributed by atoms with Gasteiger partial charge in [0.2, 0.25) is 0 Å². The number of hydrogen-bond acceptors (Lipinski definition) is 6. The predicted molar refractivity (Wildman–Crippen MR) is 81.3 cm³/mol. The summed E-state index contributed by atoms with van der Waals surface area (Å²) in [7, 11) is -2.07. The summed E-state index contributed by atoms with van der Waals surface area (Å²) in [4.78, 5) is 4.11. The lowest BCUT2D eigenvalue weighted by Crippen LogP contribution is -2.29. The maximum Gasteiger partial charge on any atom is 0.260 e. The van der Waals surface area contributed by atoms with Crippen molar-refractivity contribution in [3.05, 3.63) is 28.3 Å². The van der Waals surface area contributed by atoms with Crippen molar-refractivity contribution in [1.82, 2.24) is 24.8 Å². The Morgan fingerprint density at radius 2 is 2.24 bits per heavy atom. The third-order valence-electron chi connectivity index (χ3n) is 2.92. The van der Waals surface area contributed by atoms with Gasteiger partial charge in [-0.3, -0.25) is 5.10 Å². The van der Waals surface area contributed by atoms with Gasteiger partial charge in [0.25, 0.3) is 10.0 Å². The molecule has 0 aliphatic heterocycles. The van der Waals surface area contributed by atoms with E-state index in [9.17, 15) is 8.42 Å². The van der Waals surface area contributed by atoms with E-state index in [0.29, 0.717) is 12.1 Å². The molecule has 7 nitrogen and oxygen atoms in total. The maximum absolute atomic E-state index is 12.6. The molecule has 116 valence electrons. The normalized spacial score (nSPS) is 12.4. The van der Waals surface area contributed by atoms with Gasteiger partial charge in [-0.05, 0) is 0 Å². The van der Waals surface area contributed by atoms with Gasteiger partial charge in [-0.25, -0.2) is 13.4 Å². The molecule has 0 spiro atoms. The number of rotatable bonds is 7. The first-order valence-electron chi connectivity index (χ1n) is 6.50. The van der Waals surface area contributed by atoms with Crippen LogP contribution in [-0.2, 0) is 23.1 Å². The van der Waals surface area contributed by atoms with Crippen LogP contribution in [0.15, 0.2) is 22.1 Å². The number of hydrogen-bond donors (Lipinski definition) is 2. The minimum absolute atomic E-state index is 0.133. The monoisotopic (exact) mass is 329 g/mol. The minimum Gasteiger partial charge on any atom is -0.310 e. The van der Waals surface area contributed by atoms with Crippen LogP contribution in [-0.4, -0.2) is 41.0 Å². The van der Waals surface area contributed by atoms with Crippen molar-refractivity contribution in [2.24, 2.45) is 0 Å². The lowest BCUT2D eigenvalue weighted by Gasteiger charge is -2.16. The van der Waals surface area contributed by atoms with E-state index >= 15 is 0 Å². The molecular formula is C12H19N5O2S2. The van der Waals surface area contributed by atoms with Gasteiger partial charge < -0.3 is 5.32 Å². The van der Waals surface area contributed by atoms with E-state index in [1.54, 1.807) is 11.7 Å². The van der Waals surface area contributed by atoms with Gasteiger partial charge in [-0.15, -0.1) is 11.3 Å². The molecule has 0 atom stereocenters. The molecule has 2 aromatic heterocycles. The molecule has 0 aliphatic rings. The van der Waals surface area contributed by atoms with Gasteiger partial charge in [-0.2, -0.15) is 9.40 Å². The Balaban J connectivity index is 2.17. The standard InChI is InChI=1S/C12H19N5O2S2/c1-9(2)13-4-10-5-15-16-12(10)21(18,19)17(3)6-11-7-20-8-14-11/h5,7-9,13H,4,6H2,1-3H3,(H,15,16). The molecule has 0 aliphatic carbocycles. The summed E-state index contributed by atoms with van der Waals surface area (Å²) in [5, 5.41) is 11.6. The van der Waals surface area contributed by atoms with Crippen molar-refractivity contribution < 1.29 is 8.42 Å². The van der Waals surface area contributed by atoms with Crippen molar-refractivity contribution in [3.8, 4) is 0 Å². The number of nitrogens with zero attached hydrogens (tertiary/aromatic N) is 3. The molecule has 2 N–H and O–H groups in total. The predicted octanol–water partition coefficient (Wildman–Crippen LogP) is 1.18. The Morgan fingerprint density at radius 1 is 1.48 bits per heavy atom. The first-order valence-corrected chi connectivity index (χ1v) is 8.88. The van der Waals surface area contributed by atoms with Gasteiger partial charge in [0.05, 0.1) is 23.9 Å². The van der Waals surface area contributed by atoms with Crippen molar-refractivity contribution in [2.45, 2.75) is 38.0 Å². The second-order valence-electron chi connectivity index (χ2n) is 5.00. The quantitative estimate of drug-likeness (QED) is 0.796. The van der Waals surface area contributed by atoms with Crippen LogP contribution in [0, 0.1) is 0 Å². The van der Waals surface area contributed by atoms with Gasteiger partial charge >= 0.3 is 0 Å². The Morgan fingerprint density at radius 3 is 2.86 bits per heavy atom. The number of thiazole rings is 1. The van der Waals surface area contributed by atoms with Gasteiger partial charge in [0.1, 0.15) is 0 Å². The third kappa shape index (κ3) is 3.88. The van der Waals surface area contributed by atoms with Crippen LogP contribution in [0.3, 0.4) is 0 Å². The molecule has 0 saturated heterocycles. The van der Waals surface area contributed by atoms with Gasteiger partial charge in [0, 0.05) is 30.6 Å². The van der Waals surface area contributed by atoms with E-state index in [2.05, 4.69) is 20.5 Å². The summed E-state index contributed by atoms with van der Waals surface area (Å²) >= 11 is 1.44. The van der Waals surface area contributed by atoms with E-state index < -0.39 is 10.0 Å². The minimum atomic E-state index is -3.61. The third-order valence-corrected chi connectivity index (χ3v) is 5.37. The summed E-state index contributed by atoms with van der Waals surface area (Å²) in [6, 6.07) is 0.267. The molecule has 0 saturated carbocycles. The highest BCUT2D eigenvalue weighted by Gasteiger charge is 2.26. The van der Waals surface area contributed by atoms with Crippen LogP contribution in [0.5, 0.6) is 0 Å². The van der Waals surface area contributed by atoms with E-state index in [1.165, 1.54) is 22.7 Å². The van der Waals surface area contributed by atoms with Crippen LogP contribution in [0.1, 0.15) is 25.1 Å². The van der Waals surface area contributed by atoms with E-state index in [-0.39, 0.29) is 17.6 Å². The molecular weight excluding hydrogens is 310 g/mol. The van der Waals surface area contributed by atoms with Gasteiger partial charge in [-0.1, -0.05) is 13.8 Å². The average Bonchev–Trinajstić information content (AvgIpc) is 3.06. The van der Waals surface area contributed by atoms with Crippen molar-refractivity contribution in [2.75, 3.05) is 7.05 Å². The zero-order valence-corrected chi connectivity index (χ0v) is 13.8. The maximum atomic E-state index is 12.6. The fraction of sp³-hybridized carbons (Fsp3) is 0.500. The fourth-order valence-electron chi connectivity index (χ4n) is 1.75. The Kier molecular flexibility index (Phi) is 5.09. The van der Waals surface area contributed by atoms with E-state index in [4.69, 9.17) is 0 Å². The van der Waals surface area contributed by atoms with Crippen molar-refractivity contribution in [1.29, 1.82) is 0 Å². The number of aromatic nitrogens is 3. The second kappa shape index (κ2) is 6.65. The first-order chi connectivity index (χ1) is 9.91. The molecule has 9 heteroatoms. The largest absolute Gasteiger partial charge is 0.310 e. The number of aromatic amines is 1. The lowest BCUT2D eigenvalue weighted by molar-refractivity contribution is 0.458. The summed E-state index contributed by atoms with van der Waals surface area (Å²) < 4.78 is 26.4. The molecule has 0 bridgehead atoms. The highest BCUT2D eigenvalue weighted by atomic mass is 32.2. The molecule has 21 heavy (non-hydrogen) atoms. The molecule has 2 aromatic rings. The van der Waals surface area contributed by atoms with Crippen LogP contribution < -0.4 is 5.32 Å². The Bertz CT molecular complexity index is 664. The molecule has 0 aromatic carbocycles. The molecule has 2 heterocycles. The van der Waals surface area contributed by atoms with Gasteiger partial charge in [0.15, 0.2) is 5.03 Å². The first kappa shape index (κ1) is 16.1. The number of nitrogens with one attached hydrogen (secondary N) is 2. The fourth-order valence-corrected chi connectivity index (χ4v) is 3.53. The van der Waals surface area contributed by atoms with Crippen LogP contribution >= 0.6 is 11.3 Å². The van der Waals surface area contributed by atoms with Crippen LogP contribution in [0.4, 0.5) is 0 Å². The van der Waals surface area contributed by atoms with Crippen molar-refractivity contribution >= 4 is 21.4 Å². The Labute approximate surface area is 128 Å². The van der Waals surface area contributed by atoms with E-state index in [1.807, 2.05) is 19.2 Å². The topological polar surface area (TPSA) is 91.0 Å². The number of sulfonamides is 1. The summed E-state index contributed by atoms with van der Waals surface area (Å²) in [6.45, 7) is 4.69. The highest BCUT2D eigenvalue weighted by molar-refractivity contribution is 7.89. The van der Waals surface area contributed by atoms with E-state index in [0.717, 1.165) is 5.69 Å². The smallest absolute Gasteiger partial charge is 0.260 e. The second-order valence-corrected chi connectivity index (χ2v) is 7.70. The highest BCUT2D eigenvalue weighted by Crippen LogP contribution is 2.18. The molecule has 0 fully saturated rings. The zero-order chi connectivity index (χ0) is 15.5. The van der Waals surface area contributed by atoms with Crippen LogP contribution in [0.2, 0.25) is 0 Å². The molecule has 0 unspecified atom stereocenters. The summed E-state index contributed by atoms with van der Waals surface area (Å²) in [5.41, 5.74) is 3.05. The summed E-state index contributed by atoms with van der Waals surface area (Å²) in [6.07, 6.45) is 1.54. The SMILES string of the molecule is CC(C)NCc1cn[nH]c1S(=O)(=O)N(C)Cc1cscn1. The average molecular weight is 329 g/mol. The Hall–Kier alpha value is -1.29. The van der Waals surface area contributed by atoms with Crippen molar-refractivity contribution in [3.63, 3.8) is 0 Å². The molecule has 0 radical (unpaired) electrons. The lowest BCUT2D eigenvalue weighted by atomic mass is 10.3. The number of H-pyrrole nitrogens is 1. The summed E-state index contributed by atoms with van der Waals surface area (Å²) in [5.74, 6) is 0. The molecule has 2 rings (SSSR count). The zero-order valence-electron chi connectivity index (χ0n) is 12.2. The van der Waals surface area contributed by atoms with Crippen LogP contribution in [0.25, 0.3) is 0 Å². The molecule has 0 amide bonds.